The van der Waals surface area contributed by atoms with Gasteiger partial charge >= 0.3 is 0 Å². The lowest BCUT2D eigenvalue weighted by atomic mass is 9.92. The average molecular weight is 240 g/mol. The Morgan fingerprint density at radius 1 is 1.29 bits per heavy atom. The summed E-state index contributed by atoms with van der Waals surface area (Å²) in [5.74, 6) is 0.572. The Hall–Kier alpha value is -1.06. The minimum atomic E-state index is -0.319. The molecule has 1 rings (SSSR count). The molecular weight excluding hydrogens is 216 g/mol. The highest BCUT2D eigenvalue weighted by molar-refractivity contribution is 5.95. The van der Waals surface area contributed by atoms with Crippen LogP contribution in [0.25, 0.3) is 0 Å². The first-order valence-corrected chi connectivity index (χ1v) is 6.49. The quantitative estimate of drug-likeness (QED) is 0.807. The fraction of sp³-hybridized carbons (Fsp3) is 0.846. The van der Waals surface area contributed by atoms with Gasteiger partial charge in [0.15, 0.2) is 0 Å². The predicted molar refractivity (Wildman–Crippen MR) is 67.4 cm³/mol. The summed E-state index contributed by atoms with van der Waals surface area (Å²) in [6, 6.07) is -0.203. The molecule has 98 valence electrons. The van der Waals surface area contributed by atoms with Gasteiger partial charge in [0.2, 0.25) is 11.8 Å². The number of nitrogens with one attached hydrogen (secondary N) is 1. The van der Waals surface area contributed by atoms with Crippen molar-refractivity contribution in [1.29, 1.82) is 0 Å². The molecule has 1 heterocycles. The van der Waals surface area contributed by atoms with Crippen molar-refractivity contribution in [2.75, 3.05) is 6.54 Å². The van der Waals surface area contributed by atoms with Gasteiger partial charge in [-0.1, -0.05) is 34.1 Å². The summed E-state index contributed by atoms with van der Waals surface area (Å²) in [6.07, 6.45) is 1.01. The first kappa shape index (κ1) is 14.0. The van der Waals surface area contributed by atoms with Crippen molar-refractivity contribution in [3.8, 4) is 0 Å². The van der Waals surface area contributed by atoms with Crippen LogP contribution in [-0.4, -0.2) is 35.3 Å². The molecule has 3 unspecified atom stereocenters. The Bertz CT molecular complexity index is 302. The van der Waals surface area contributed by atoms with E-state index in [1.807, 2.05) is 20.8 Å². The summed E-state index contributed by atoms with van der Waals surface area (Å²) in [7, 11) is 0. The molecule has 2 amide bonds. The third-order valence-electron chi connectivity index (χ3n) is 3.81. The lowest BCUT2D eigenvalue weighted by Gasteiger charge is -2.43. The zero-order valence-corrected chi connectivity index (χ0v) is 11.5. The van der Waals surface area contributed by atoms with Crippen molar-refractivity contribution in [3.05, 3.63) is 0 Å². The fourth-order valence-electron chi connectivity index (χ4n) is 2.36. The van der Waals surface area contributed by atoms with Crippen LogP contribution < -0.4 is 5.32 Å². The van der Waals surface area contributed by atoms with Gasteiger partial charge in [-0.2, -0.15) is 0 Å². The monoisotopic (exact) mass is 240 g/mol. The van der Waals surface area contributed by atoms with Crippen LogP contribution >= 0.6 is 0 Å². The molecule has 0 spiro atoms. The van der Waals surface area contributed by atoms with E-state index in [2.05, 4.69) is 19.2 Å². The molecule has 1 fully saturated rings. The highest BCUT2D eigenvalue weighted by atomic mass is 16.2. The third kappa shape index (κ3) is 2.79. The molecule has 17 heavy (non-hydrogen) atoms. The summed E-state index contributed by atoms with van der Waals surface area (Å²) >= 11 is 0. The summed E-state index contributed by atoms with van der Waals surface area (Å²) in [5.41, 5.74) is 0. The number of carbonyl (C=O) groups excluding carboxylic acids is 2. The molecule has 4 heteroatoms. The molecule has 0 aliphatic carbocycles. The van der Waals surface area contributed by atoms with E-state index in [0.29, 0.717) is 5.92 Å². The van der Waals surface area contributed by atoms with Gasteiger partial charge in [-0.05, 0) is 18.8 Å². The van der Waals surface area contributed by atoms with Gasteiger partial charge in [0.05, 0.1) is 6.54 Å². The van der Waals surface area contributed by atoms with Crippen LogP contribution in [0.3, 0.4) is 0 Å². The van der Waals surface area contributed by atoms with E-state index in [0.717, 1.165) is 6.42 Å². The van der Waals surface area contributed by atoms with Crippen LogP contribution in [0.4, 0.5) is 0 Å². The first-order chi connectivity index (χ1) is 7.90. The molecule has 1 saturated heterocycles. The van der Waals surface area contributed by atoms with Crippen molar-refractivity contribution >= 4 is 11.8 Å². The fourth-order valence-corrected chi connectivity index (χ4v) is 2.36. The Kier molecular flexibility index (Phi) is 4.54. The predicted octanol–water partition coefficient (Wildman–Crippen LogP) is 1.40. The first-order valence-electron chi connectivity index (χ1n) is 6.49. The largest absolute Gasteiger partial charge is 0.345 e. The van der Waals surface area contributed by atoms with Crippen molar-refractivity contribution in [2.24, 2.45) is 11.8 Å². The normalized spacial score (nSPS) is 24.8. The zero-order chi connectivity index (χ0) is 13.2. The van der Waals surface area contributed by atoms with E-state index in [1.54, 1.807) is 4.90 Å². The van der Waals surface area contributed by atoms with E-state index >= 15 is 0 Å². The Morgan fingerprint density at radius 3 is 2.35 bits per heavy atom. The van der Waals surface area contributed by atoms with E-state index in [1.165, 1.54) is 0 Å². The van der Waals surface area contributed by atoms with E-state index in [-0.39, 0.29) is 36.4 Å². The second-order valence-electron chi connectivity index (χ2n) is 5.33. The topological polar surface area (TPSA) is 49.4 Å². The molecule has 3 atom stereocenters. The van der Waals surface area contributed by atoms with E-state index in [9.17, 15) is 9.59 Å². The van der Waals surface area contributed by atoms with Crippen LogP contribution in [0.5, 0.6) is 0 Å². The van der Waals surface area contributed by atoms with Gasteiger partial charge in [-0.3, -0.25) is 9.59 Å². The van der Waals surface area contributed by atoms with Crippen molar-refractivity contribution in [3.63, 3.8) is 0 Å². The SMILES string of the molecule is CCC(C)C(C)N1C(=O)CNC(=O)C1C(C)C. The Labute approximate surface area is 104 Å². The number of nitrogens with zero attached hydrogens (tertiary/aromatic N) is 1. The second-order valence-corrected chi connectivity index (χ2v) is 5.33. The molecule has 0 aromatic rings. The summed E-state index contributed by atoms with van der Waals surface area (Å²) in [4.78, 5) is 25.7. The number of carbonyl (C=O) groups is 2. The third-order valence-corrected chi connectivity index (χ3v) is 3.81. The summed E-state index contributed by atoms with van der Waals surface area (Å²) < 4.78 is 0. The van der Waals surface area contributed by atoms with Gasteiger partial charge in [0.1, 0.15) is 6.04 Å². The lowest BCUT2D eigenvalue weighted by molar-refractivity contribution is -0.151. The molecular formula is C13H24N2O2. The highest BCUT2D eigenvalue weighted by Gasteiger charge is 2.39. The maximum Gasteiger partial charge on any atom is 0.243 e. The van der Waals surface area contributed by atoms with E-state index in [4.69, 9.17) is 0 Å². The van der Waals surface area contributed by atoms with Gasteiger partial charge in [-0.25, -0.2) is 0 Å². The van der Waals surface area contributed by atoms with Crippen LogP contribution in [-0.2, 0) is 9.59 Å². The number of amides is 2. The Morgan fingerprint density at radius 2 is 1.88 bits per heavy atom. The molecule has 1 N–H and O–H groups in total. The summed E-state index contributed by atoms with van der Waals surface area (Å²) in [5, 5.41) is 2.67. The molecule has 4 nitrogen and oxygen atoms in total. The second kappa shape index (κ2) is 5.52. The summed E-state index contributed by atoms with van der Waals surface area (Å²) in [6.45, 7) is 10.4. The number of rotatable bonds is 4. The number of piperazine rings is 1. The Balaban J connectivity index is 2.96. The zero-order valence-electron chi connectivity index (χ0n) is 11.5. The molecule has 0 aromatic heterocycles. The number of hydrogen-bond donors (Lipinski definition) is 1. The van der Waals surface area contributed by atoms with Crippen LogP contribution in [0.1, 0.15) is 41.0 Å². The molecule has 0 radical (unpaired) electrons. The lowest BCUT2D eigenvalue weighted by Crippen LogP contribution is -2.63. The van der Waals surface area contributed by atoms with Crippen molar-refractivity contribution in [1.82, 2.24) is 10.2 Å². The van der Waals surface area contributed by atoms with Gasteiger partial charge in [-0.15, -0.1) is 0 Å². The van der Waals surface area contributed by atoms with Gasteiger partial charge < -0.3 is 10.2 Å². The van der Waals surface area contributed by atoms with Crippen LogP contribution in [0, 0.1) is 11.8 Å². The highest BCUT2D eigenvalue weighted by Crippen LogP contribution is 2.23. The maximum atomic E-state index is 12.0. The maximum absolute atomic E-state index is 12.0. The van der Waals surface area contributed by atoms with E-state index < -0.39 is 0 Å². The van der Waals surface area contributed by atoms with Crippen molar-refractivity contribution < 1.29 is 9.59 Å². The van der Waals surface area contributed by atoms with Crippen LogP contribution in [0.2, 0.25) is 0 Å². The molecule has 1 aliphatic heterocycles. The van der Waals surface area contributed by atoms with Gasteiger partial charge in [0, 0.05) is 6.04 Å². The van der Waals surface area contributed by atoms with Crippen LogP contribution in [0.15, 0.2) is 0 Å². The number of hydrogen-bond acceptors (Lipinski definition) is 2. The molecule has 0 bridgehead atoms. The average Bonchev–Trinajstić information content (AvgIpc) is 2.29. The molecule has 0 aromatic carbocycles. The van der Waals surface area contributed by atoms with Crippen molar-refractivity contribution in [2.45, 2.75) is 53.1 Å². The minimum Gasteiger partial charge on any atom is -0.345 e. The minimum absolute atomic E-state index is 0.0187. The standard InChI is InChI=1S/C13H24N2O2/c1-6-9(4)10(5)15-11(16)7-14-13(17)12(15)8(2)3/h8-10,12H,6-7H2,1-5H3,(H,14,17). The van der Waals surface area contributed by atoms with Gasteiger partial charge in [0.25, 0.3) is 0 Å². The molecule has 1 aliphatic rings. The smallest absolute Gasteiger partial charge is 0.243 e. The molecule has 0 saturated carbocycles.